The van der Waals surface area contributed by atoms with Gasteiger partial charge in [0.1, 0.15) is 17.1 Å². The zero-order chi connectivity index (χ0) is 19.2. The maximum atomic E-state index is 12.3. The zero-order valence-corrected chi connectivity index (χ0v) is 15.2. The first kappa shape index (κ1) is 18.5. The van der Waals surface area contributed by atoms with Gasteiger partial charge in [0.2, 0.25) is 0 Å². The summed E-state index contributed by atoms with van der Waals surface area (Å²) in [6.07, 6.45) is 0.726. The van der Waals surface area contributed by atoms with Crippen LogP contribution in [0.25, 0.3) is 10.8 Å². The summed E-state index contributed by atoms with van der Waals surface area (Å²) in [5.41, 5.74) is 1.23. The average Bonchev–Trinajstić information content (AvgIpc) is 2.71. The lowest BCUT2D eigenvalue weighted by Gasteiger charge is -2.11. The summed E-state index contributed by atoms with van der Waals surface area (Å²) in [4.78, 5) is 24.4. The highest BCUT2D eigenvalue weighted by Crippen LogP contribution is 2.27. The Balaban J connectivity index is 1.75. The first-order valence-corrected chi connectivity index (χ1v) is 8.55. The van der Waals surface area contributed by atoms with Crippen molar-refractivity contribution >= 4 is 22.7 Å². The average molecular weight is 364 g/mol. The van der Waals surface area contributed by atoms with Gasteiger partial charge in [-0.3, -0.25) is 4.79 Å². The van der Waals surface area contributed by atoms with E-state index in [1.807, 2.05) is 48.5 Å². The van der Waals surface area contributed by atoms with Crippen LogP contribution in [0.5, 0.6) is 11.5 Å². The van der Waals surface area contributed by atoms with Crippen LogP contribution in [0.3, 0.4) is 0 Å². The Hall–Kier alpha value is -3.34. The molecule has 0 N–H and O–H groups in total. The van der Waals surface area contributed by atoms with Gasteiger partial charge in [-0.25, -0.2) is 4.79 Å². The number of fused-ring (bicyclic) bond motifs is 1. The summed E-state index contributed by atoms with van der Waals surface area (Å²) < 4.78 is 15.4. The van der Waals surface area contributed by atoms with E-state index in [0.717, 1.165) is 22.1 Å². The van der Waals surface area contributed by atoms with Crippen LogP contribution < -0.4 is 9.47 Å². The molecule has 5 nitrogen and oxygen atoms in total. The Bertz CT molecular complexity index is 960. The first-order valence-electron chi connectivity index (χ1n) is 8.55. The summed E-state index contributed by atoms with van der Waals surface area (Å²) in [6.45, 7) is 0. The molecule has 0 aliphatic rings. The third-order valence-corrected chi connectivity index (χ3v) is 4.25. The third-order valence-electron chi connectivity index (χ3n) is 4.25. The topological polar surface area (TPSA) is 61.8 Å². The van der Waals surface area contributed by atoms with Gasteiger partial charge in [0.15, 0.2) is 0 Å². The molecule has 0 aliphatic carbocycles. The van der Waals surface area contributed by atoms with Crippen molar-refractivity contribution in [3.8, 4) is 11.5 Å². The van der Waals surface area contributed by atoms with Crippen LogP contribution in [-0.4, -0.2) is 26.2 Å². The lowest BCUT2D eigenvalue weighted by molar-refractivity contribution is -0.134. The Morgan fingerprint density at radius 1 is 0.889 bits per heavy atom. The van der Waals surface area contributed by atoms with Crippen LogP contribution in [0.4, 0.5) is 0 Å². The van der Waals surface area contributed by atoms with E-state index in [1.165, 1.54) is 7.11 Å². The van der Waals surface area contributed by atoms with Gasteiger partial charge in [0, 0.05) is 6.42 Å². The number of carbonyl (C=O) groups excluding carboxylic acids is 2. The maximum Gasteiger partial charge on any atom is 0.341 e. The van der Waals surface area contributed by atoms with E-state index in [-0.39, 0.29) is 17.7 Å². The van der Waals surface area contributed by atoms with Crippen LogP contribution in [-0.2, 0) is 16.0 Å². The molecule has 3 aromatic rings. The maximum absolute atomic E-state index is 12.3. The second-order valence-corrected chi connectivity index (χ2v) is 6.01. The number of hydrogen-bond donors (Lipinski definition) is 0. The lowest BCUT2D eigenvalue weighted by atomic mass is 10.1. The minimum atomic E-state index is -0.543. The molecular formula is C22H20O5. The summed E-state index contributed by atoms with van der Waals surface area (Å²) in [5.74, 6) is 0.0189. The van der Waals surface area contributed by atoms with Crippen LogP contribution in [0.15, 0.2) is 60.7 Å². The fraction of sp³-hybridized carbons (Fsp3) is 0.182. The molecular weight excluding hydrogens is 344 g/mol. The first-order chi connectivity index (χ1) is 13.1. The Morgan fingerprint density at radius 2 is 1.56 bits per heavy atom. The fourth-order valence-corrected chi connectivity index (χ4v) is 2.79. The smallest absolute Gasteiger partial charge is 0.341 e. The quantitative estimate of drug-likeness (QED) is 0.485. The number of methoxy groups -OCH3 is 2. The summed E-state index contributed by atoms with van der Waals surface area (Å²) in [7, 11) is 2.90. The van der Waals surface area contributed by atoms with Gasteiger partial charge in [-0.2, -0.15) is 0 Å². The molecule has 27 heavy (non-hydrogen) atoms. The second-order valence-electron chi connectivity index (χ2n) is 6.01. The second kappa shape index (κ2) is 8.36. The van der Waals surface area contributed by atoms with E-state index < -0.39 is 11.9 Å². The van der Waals surface area contributed by atoms with Crippen LogP contribution >= 0.6 is 0 Å². The minimum absolute atomic E-state index is 0.194. The van der Waals surface area contributed by atoms with Gasteiger partial charge in [-0.05, 0) is 47.0 Å². The number of ether oxygens (including phenoxy) is 3. The fourth-order valence-electron chi connectivity index (χ4n) is 2.79. The van der Waals surface area contributed by atoms with Crippen molar-refractivity contribution in [2.24, 2.45) is 0 Å². The monoisotopic (exact) mass is 364 g/mol. The number of esters is 2. The number of benzene rings is 3. The van der Waals surface area contributed by atoms with Crippen molar-refractivity contribution in [2.75, 3.05) is 14.2 Å². The van der Waals surface area contributed by atoms with Crippen molar-refractivity contribution in [2.45, 2.75) is 12.8 Å². The van der Waals surface area contributed by atoms with E-state index in [0.29, 0.717) is 6.42 Å². The van der Waals surface area contributed by atoms with Crippen molar-refractivity contribution in [3.63, 3.8) is 0 Å². The molecule has 0 bridgehead atoms. The number of rotatable bonds is 6. The SMILES string of the molecule is COC(=O)c1cc2ccccc2cc1OC(=O)CCc1ccc(OC)cc1. The lowest BCUT2D eigenvalue weighted by Crippen LogP contribution is -2.13. The van der Waals surface area contributed by atoms with Crippen LogP contribution in [0.1, 0.15) is 22.3 Å². The molecule has 5 heteroatoms. The van der Waals surface area contributed by atoms with Gasteiger partial charge < -0.3 is 14.2 Å². The molecule has 3 aromatic carbocycles. The normalized spacial score (nSPS) is 10.4. The number of hydrogen-bond acceptors (Lipinski definition) is 5. The Labute approximate surface area is 157 Å². The van der Waals surface area contributed by atoms with Crippen molar-refractivity contribution in [1.82, 2.24) is 0 Å². The minimum Gasteiger partial charge on any atom is -0.497 e. The molecule has 0 spiro atoms. The van der Waals surface area contributed by atoms with Gasteiger partial charge in [-0.15, -0.1) is 0 Å². The molecule has 0 amide bonds. The van der Waals surface area contributed by atoms with Gasteiger partial charge >= 0.3 is 11.9 Å². The largest absolute Gasteiger partial charge is 0.497 e. The Kier molecular flexibility index (Phi) is 5.71. The molecule has 0 unspecified atom stereocenters. The number of carbonyl (C=O) groups is 2. The van der Waals surface area contributed by atoms with Crippen molar-refractivity contribution in [1.29, 1.82) is 0 Å². The highest BCUT2D eigenvalue weighted by molar-refractivity contribution is 5.99. The predicted molar refractivity (Wildman–Crippen MR) is 102 cm³/mol. The molecule has 3 rings (SSSR count). The summed E-state index contributed by atoms with van der Waals surface area (Å²) in [6, 6.07) is 18.4. The van der Waals surface area contributed by atoms with Gasteiger partial charge in [0.25, 0.3) is 0 Å². The van der Waals surface area contributed by atoms with E-state index in [2.05, 4.69) is 0 Å². The third kappa shape index (κ3) is 4.44. The Morgan fingerprint density at radius 3 is 2.19 bits per heavy atom. The molecule has 0 radical (unpaired) electrons. The molecule has 0 fully saturated rings. The van der Waals surface area contributed by atoms with E-state index in [9.17, 15) is 9.59 Å². The summed E-state index contributed by atoms with van der Waals surface area (Å²) in [5, 5.41) is 1.75. The summed E-state index contributed by atoms with van der Waals surface area (Å²) >= 11 is 0. The van der Waals surface area contributed by atoms with E-state index >= 15 is 0 Å². The number of aryl methyl sites for hydroxylation is 1. The van der Waals surface area contributed by atoms with Crippen molar-refractivity contribution < 1.29 is 23.8 Å². The molecule has 0 saturated heterocycles. The standard InChI is InChI=1S/C22H20O5/c1-25-18-10-7-15(8-11-18)9-12-21(23)27-20-14-17-6-4-3-5-16(17)13-19(20)22(24)26-2/h3-8,10-11,13-14H,9,12H2,1-2H3. The highest BCUT2D eigenvalue weighted by Gasteiger charge is 2.17. The molecule has 0 heterocycles. The van der Waals surface area contributed by atoms with Gasteiger partial charge in [-0.1, -0.05) is 36.4 Å². The molecule has 0 saturated carbocycles. The van der Waals surface area contributed by atoms with Crippen LogP contribution in [0, 0.1) is 0 Å². The molecule has 138 valence electrons. The molecule has 0 aromatic heterocycles. The molecule has 0 aliphatic heterocycles. The van der Waals surface area contributed by atoms with E-state index in [4.69, 9.17) is 14.2 Å². The van der Waals surface area contributed by atoms with Gasteiger partial charge in [0.05, 0.1) is 14.2 Å². The van der Waals surface area contributed by atoms with E-state index in [1.54, 1.807) is 19.2 Å². The van der Waals surface area contributed by atoms with Crippen molar-refractivity contribution in [3.05, 3.63) is 71.8 Å². The van der Waals surface area contributed by atoms with Crippen LogP contribution in [0.2, 0.25) is 0 Å². The zero-order valence-electron chi connectivity index (χ0n) is 15.2. The highest BCUT2D eigenvalue weighted by atomic mass is 16.5. The predicted octanol–water partition coefficient (Wildman–Crippen LogP) is 4.17. The molecule has 0 atom stereocenters.